The second-order valence-electron chi connectivity index (χ2n) is 3.73. The van der Waals surface area contributed by atoms with Crippen LogP contribution in [0.25, 0.3) is 0 Å². The Bertz CT molecular complexity index is 302. The number of nitrogens with two attached hydrogens (primary N) is 1. The third-order valence-electron chi connectivity index (χ3n) is 3.02. The lowest BCUT2D eigenvalue weighted by Crippen LogP contribution is -2.41. The van der Waals surface area contributed by atoms with Gasteiger partial charge < -0.3 is 5.73 Å². The van der Waals surface area contributed by atoms with Gasteiger partial charge in [0.1, 0.15) is 0 Å². The number of hydrogen-bond acceptors (Lipinski definition) is 2. The summed E-state index contributed by atoms with van der Waals surface area (Å²) >= 11 is 5.89. The van der Waals surface area contributed by atoms with E-state index in [-0.39, 0.29) is 5.41 Å². The fraction of sp³-hybridized carbons (Fsp3) is 0.500. The first kappa shape index (κ1) is 8.97. The van der Waals surface area contributed by atoms with Crippen LogP contribution in [0.15, 0.2) is 18.5 Å². The van der Waals surface area contributed by atoms with Gasteiger partial charge in [-0.3, -0.25) is 4.98 Å². The van der Waals surface area contributed by atoms with Crippen molar-refractivity contribution in [2.45, 2.75) is 24.7 Å². The molecule has 0 aromatic carbocycles. The van der Waals surface area contributed by atoms with Crippen LogP contribution in [0.5, 0.6) is 0 Å². The summed E-state index contributed by atoms with van der Waals surface area (Å²) < 4.78 is 0. The van der Waals surface area contributed by atoms with Crippen LogP contribution in [0.3, 0.4) is 0 Å². The summed E-state index contributed by atoms with van der Waals surface area (Å²) in [5.41, 5.74) is 7.16. The zero-order chi connectivity index (χ0) is 9.31. The first-order valence-electron chi connectivity index (χ1n) is 4.58. The van der Waals surface area contributed by atoms with Gasteiger partial charge in [0.05, 0.1) is 5.02 Å². The van der Waals surface area contributed by atoms with E-state index in [1.54, 1.807) is 6.20 Å². The lowest BCUT2D eigenvalue weighted by atomic mass is 9.65. The largest absolute Gasteiger partial charge is 0.330 e. The number of pyridine rings is 1. The maximum atomic E-state index is 5.89. The van der Waals surface area contributed by atoms with Gasteiger partial charge in [0.2, 0.25) is 0 Å². The highest BCUT2D eigenvalue weighted by Crippen LogP contribution is 2.42. The van der Waals surface area contributed by atoms with Crippen LogP contribution < -0.4 is 5.73 Å². The van der Waals surface area contributed by atoms with Gasteiger partial charge in [-0.2, -0.15) is 0 Å². The second-order valence-corrected chi connectivity index (χ2v) is 4.17. The summed E-state index contributed by atoms with van der Waals surface area (Å²) in [7, 11) is 0. The van der Waals surface area contributed by atoms with Crippen LogP contribution >= 0.6 is 11.6 Å². The highest BCUT2D eigenvalue weighted by atomic mass is 35.5. The molecule has 13 heavy (non-hydrogen) atoms. The minimum absolute atomic E-state index is 0.178. The van der Waals surface area contributed by atoms with Gasteiger partial charge in [0.15, 0.2) is 0 Å². The second kappa shape index (κ2) is 3.28. The average Bonchev–Trinajstić information content (AvgIpc) is 2.03. The van der Waals surface area contributed by atoms with Crippen molar-refractivity contribution in [2.24, 2.45) is 5.73 Å². The molecule has 2 nitrogen and oxygen atoms in total. The molecule has 0 radical (unpaired) electrons. The Hall–Kier alpha value is -0.600. The van der Waals surface area contributed by atoms with E-state index >= 15 is 0 Å². The number of halogens is 1. The average molecular weight is 197 g/mol. The fourth-order valence-electron chi connectivity index (χ4n) is 1.92. The van der Waals surface area contributed by atoms with Crippen molar-refractivity contribution in [2.75, 3.05) is 6.54 Å². The predicted molar refractivity (Wildman–Crippen MR) is 53.8 cm³/mol. The molecular weight excluding hydrogens is 184 g/mol. The minimum Gasteiger partial charge on any atom is -0.330 e. The van der Waals surface area contributed by atoms with Gasteiger partial charge in [-0.25, -0.2) is 0 Å². The van der Waals surface area contributed by atoms with Crippen molar-refractivity contribution in [1.82, 2.24) is 4.98 Å². The third-order valence-corrected chi connectivity index (χ3v) is 3.23. The van der Waals surface area contributed by atoms with Crippen LogP contribution in [0, 0.1) is 0 Å². The molecule has 2 N–H and O–H groups in total. The molecule has 0 spiro atoms. The lowest BCUT2D eigenvalue weighted by Gasteiger charge is -2.41. The van der Waals surface area contributed by atoms with Gasteiger partial charge in [0, 0.05) is 24.4 Å². The number of rotatable bonds is 2. The summed E-state index contributed by atoms with van der Waals surface area (Å²) in [5.74, 6) is 0. The molecule has 1 aromatic heterocycles. The molecule has 70 valence electrons. The molecule has 0 bridgehead atoms. The summed E-state index contributed by atoms with van der Waals surface area (Å²) in [5, 5.41) is 0.706. The summed E-state index contributed by atoms with van der Waals surface area (Å²) in [6.07, 6.45) is 7.16. The van der Waals surface area contributed by atoms with E-state index in [0.717, 1.165) is 0 Å². The van der Waals surface area contributed by atoms with E-state index in [1.807, 2.05) is 12.3 Å². The maximum absolute atomic E-state index is 5.89. The molecule has 0 saturated heterocycles. The molecule has 1 aliphatic carbocycles. The molecule has 1 aliphatic rings. The van der Waals surface area contributed by atoms with E-state index < -0.39 is 0 Å². The molecule has 0 aliphatic heterocycles. The van der Waals surface area contributed by atoms with Crippen LogP contribution in [0.1, 0.15) is 24.8 Å². The molecule has 0 unspecified atom stereocenters. The smallest absolute Gasteiger partial charge is 0.0592 e. The van der Waals surface area contributed by atoms with Crippen LogP contribution in [-0.2, 0) is 5.41 Å². The molecule has 1 heterocycles. The van der Waals surface area contributed by atoms with Crippen LogP contribution in [0.4, 0.5) is 0 Å². The topological polar surface area (TPSA) is 38.9 Å². The Balaban J connectivity index is 2.33. The number of hydrogen-bond donors (Lipinski definition) is 1. The monoisotopic (exact) mass is 196 g/mol. The summed E-state index contributed by atoms with van der Waals surface area (Å²) in [6.45, 7) is 0.703. The molecular formula is C10H13ClN2. The summed E-state index contributed by atoms with van der Waals surface area (Å²) in [4.78, 5) is 4.09. The van der Waals surface area contributed by atoms with Crippen molar-refractivity contribution < 1.29 is 0 Å². The molecule has 1 fully saturated rings. The van der Waals surface area contributed by atoms with E-state index in [1.165, 1.54) is 24.8 Å². The Kier molecular flexibility index (Phi) is 2.26. The zero-order valence-electron chi connectivity index (χ0n) is 7.46. The number of nitrogens with zero attached hydrogens (tertiary/aromatic N) is 1. The van der Waals surface area contributed by atoms with E-state index in [4.69, 9.17) is 17.3 Å². The van der Waals surface area contributed by atoms with E-state index in [2.05, 4.69) is 4.98 Å². The Labute approximate surface area is 83.1 Å². The van der Waals surface area contributed by atoms with Crippen molar-refractivity contribution in [3.8, 4) is 0 Å². The Morgan fingerprint density at radius 2 is 2.23 bits per heavy atom. The first-order valence-corrected chi connectivity index (χ1v) is 4.96. The Morgan fingerprint density at radius 1 is 1.46 bits per heavy atom. The third kappa shape index (κ3) is 1.45. The van der Waals surface area contributed by atoms with Crippen LogP contribution in [-0.4, -0.2) is 11.5 Å². The molecule has 2 rings (SSSR count). The number of aromatic nitrogens is 1. The van der Waals surface area contributed by atoms with Crippen molar-refractivity contribution in [3.05, 3.63) is 29.0 Å². The normalized spacial score (nSPS) is 19.5. The van der Waals surface area contributed by atoms with E-state index in [9.17, 15) is 0 Å². The minimum atomic E-state index is 0.178. The van der Waals surface area contributed by atoms with Gasteiger partial charge in [0.25, 0.3) is 0 Å². The Morgan fingerprint density at radius 3 is 2.69 bits per heavy atom. The van der Waals surface area contributed by atoms with Crippen molar-refractivity contribution in [3.63, 3.8) is 0 Å². The molecule has 1 aromatic rings. The quantitative estimate of drug-likeness (QED) is 0.787. The molecule has 1 saturated carbocycles. The predicted octanol–water partition coefficient (Wildman–Crippen LogP) is 2.12. The van der Waals surface area contributed by atoms with Gasteiger partial charge >= 0.3 is 0 Å². The molecule has 0 atom stereocenters. The zero-order valence-corrected chi connectivity index (χ0v) is 8.22. The molecule has 3 heteroatoms. The van der Waals surface area contributed by atoms with E-state index in [0.29, 0.717) is 11.6 Å². The van der Waals surface area contributed by atoms with Gasteiger partial charge in [-0.1, -0.05) is 18.0 Å². The molecule has 0 amide bonds. The fourth-order valence-corrected chi connectivity index (χ4v) is 2.09. The highest BCUT2D eigenvalue weighted by molar-refractivity contribution is 6.30. The van der Waals surface area contributed by atoms with Crippen LogP contribution in [0.2, 0.25) is 5.02 Å². The van der Waals surface area contributed by atoms with Crippen molar-refractivity contribution in [1.29, 1.82) is 0 Å². The standard InChI is InChI=1S/C10H13ClN2/c11-9-4-8(5-13-6-9)10(7-12)2-1-3-10/h4-6H,1-3,7,12H2. The highest BCUT2D eigenvalue weighted by Gasteiger charge is 2.37. The van der Waals surface area contributed by atoms with Gasteiger partial charge in [-0.15, -0.1) is 0 Å². The SMILES string of the molecule is NCC1(c2cncc(Cl)c2)CCC1. The van der Waals surface area contributed by atoms with Crippen molar-refractivity contribution >= 4 is 11.6 Å². The maximum Gasteiger partial charge on any atom is 0.0592 e. The first-order chi connectivity index (χ1) is 6.27. The van der Waals surface area contributed by atoms with Gasteiger partial charge in [-0.05, 0) is 24.5 Å². The summed E-state index contributed by atoms with van der Waals surface area (Å²) in [6, 6.07) is 1.99. The lowest BCUT2D eigenvalue weighted by molar-refractivity contribution is 0.252.